The van der Waals surface area contributed by atoms with Crippen LogP contribution in [-0.2, 0) is 6.54 Å². The van der Waals surface area contributed by atoms with Gasteiger partial charge in [-0.1, -0.05) is 72.3 Å². The summed E-state index contributed by atoms with van der Waals surface area (Å²) in [6.07, 6.45) is 0. The Hall–Kier alpha value is -3.11. The molecule has 4 rings (SSSR count). The first-order valence-corrected chi connectivity index (χ1v) is 9.09. The minimum Gasteiger partial charge on any atom is -0.294 e. The lowest BCUT2D eigenvalue weighted by molar-refractivity contribution is 0.252. The third-order valence-electron chi connectivity index (χ3n) is 4.47. The zero-order chi connectivity index (χ0) is 18.6. The summed E-state index contributed by atoms with van der Waals surface area (Å²) in [6, 6.07) is 26.6. The third kappa shape index (κ3) is 3.71. The molecule has 1 heterocycles. The number of rotatable bonds is 4. The summed E-state index contributed by atoms with van der Waals surface area (Å²) in [5.74, 6) is 0.644. The van der Waals surface area contributed by atoms with E-state index in [1.807, 2.05) is 72.8 Å². The fraction of sp³-hybridized carbons (Fsp3) is 0.0909. The smallest absolute Gasteiger partial charge is 0.294 e. The average molecular weight is 376 g/mol. The minimum absolute atomic E-state index is 0.196. The molecular weight excluding hydrogens is 358 g/mol. The van der Waals surface area contributed by atoms with E-state index in [0.29, 0.717) is 17.4 Å². The molecule has 0 spiro atoms. The summed E-state index contributed by atoms with van der Waals surface area (Å²) in [5.41, 5.74) is 2.87. The molecule has 0 aliphatic carbocycles. The highest BCUT2D eigenvalue weighted by Crippen LogP contribution is 2.32. The Morgan fingerprint density at radius 1 is 0.889 bits per heavy atom. The number of carbonyl (C=O) groups is 1. The number of nitrogens with zero attached hydrogens (tertiary/aromatic N) is 2. The summed E-state index contributed by atoms with van der Waals surface area (Å²) in [4.78, 5) is 19.2. The van der Waals surface area contributed by atoms with E-state index in [-0.39, 0.29) is 12.1 Å². The number of hydrogen-bond acceptors (Lipinski definition) is 2. The van der Waals surface area contributed by atoms with Gasteiger partial charge < -0.3 is 0 Å². The van der Waals surface area contributed by atoms with Crippen LogP contribution in [0.4, 0.5) is 10.5 Å². The summed E-state index contributed by atoms with van der Waals surface area (Å²) in [7, 11) is 0. The van der Waals surface area contributed by atoms with Gasteiger partial charge in [-0.2, -0.15) is 0 Å². The predicted octanol–water partition coefficient (Wildman–Crippen LogP) is 5.21. The molecule has 0 bridgehead atoms. The van der Waals surface area contributed by atoms with E-state index < -0.39 is 0 Å². The molecule has 1 fully saturated rings. The second-order valence-electron chi connectivity index (χ2n) is 6.28. The number of urea groups is 1. The van der Waals surface area contributed by atoms with E-state index in [1.54, 1.807) is 17.0 Å². The lowest BCUT2D eigenvalue weighted by Crippen LogP contribution is -2.29. The maximum absolute atomic E-state index is 12.8. The Morgan fingerprint density at radius 2 is 1.52 bits per heavy atom. The Morgan fingerprint density at radius 3 is 2.19 bits per heavy atom. The van der Waals surface area contributed by atoms with Crippen molar-refractivity contribution in [3.8, 4) is 0 Å². The van der Waals surface area contributed by atoms with Crippen molar-refractivity contribution < 1.29 is 4.79 Å². The van der Waals surface area contributed by atoms with E-state index in [1.165, 1.54) is 0 Å². The zero-order valence-electron chi connectivity index (χ0n) is 14.5. The standard InChI is InChI=1S/C22H18ClN3O/c23-18-11-13-19(14-12-18)26-20(17-9-5-2-6-10-17)21(25-22(26)27)24-15-16-7-3-1-4-8-16/h1-14,20H,15H2,(H,24,25,27). The van der Waals surface area contributed by atoms with E-state index >= 15 is 0 Å². The molecule has 0 aromatic heterocycles. The van der Waals surface area contributed by atoms with Gasteiger partial charge in [-0.3, -0.25) is 15.2 Å². The molecule has 3 aromatic carbocycles. The van der Waals surface area contributed by atoms with Crippen molar-refractivity contribution in [3.63, 3.8) is 0 Å². The third-order valence-corrected chi connectivity index (χ3v) is 4.72. The topological polar surface area (TPSA) is 44.7 Å². The average Bonchev–Trinajstić information content (AvgIpc) is 3.04. The Bertz CT molecular complexity index is 956. The van der Waals surface area contributed by atoms with Gasteiger partial charge in [0.2, 0.25) is 0 Å². The van der Waals surface area contributed by atoms with Crippen LogP contribution in [0.25, 0.3) is 0 Å². The Labute approximate surface area is 163 Å². The molecule has 0 saturated carbocycles. The molecule has 1 aliphatic rings. The van der Waals surface area contributed by atoms with Crippen LogP contribution in [0.3, 0.4) is 0 Å². The van der Waals surface area contributed by atoms with Crippen molar-refractivity contribution in [2.75, 3.05) is 4.90 Å². The second-order valence-corrected chi connectivity index (χ2v) is 6.71. The number of hydrogen-bond donors (Lipinski definition) is 1. The van der Waals surface area contributed by atoms with Crippen LogP contribution in [0, 0.1) is 0 Å². The molecule has 1 N–H and O–H groups in total. The first-order chi connectivity index (χ1) is 13.2. The fourth-order valence-electron chi connectivity index (χ4n) is 3.17. The van der Waals surface area contributed by atoms with Gasteiger partial charge >= 0.3 is 6.03 Å². The second kappa shape index (κ2) is 7.64. The molecule has 1 atom stereocenters. The molecule has 134 valence electrons. The van der Waals surface area contributed by atoms with Crippen molar-refractivity contribution in [1.82, 2.24) is 5.32 Å². The molecule has 4 nitrogen and oxygen atoms in total. The Balaban J connectivity index is 1.73. The molecule has 1 saturated heterocycles. The molecule has 0 radical (unpaired) electrons. The van der Waals surface area contributed by atoms with Crippen molar-refractivity contribution in [3.05, 3.63) is 101 Å². The van der Waals surface area contributed by atoms with Gasteiger partial charge in [0.25, 0.3) is 0 Å². The lowest BCUT2D eigenvalue weighted by Gasteiger charge is -2.23. The first kappa shape index (κ1) is 17.3. The highest BCUT2D eigenvalue weighted by Gasteiger charge is 2.38. The van der Waals surface area contributed by atoms with Gasteiger partial charge in [0.1, 0.15) is 11.9 Å². The number of anilines is 1. The van der Waals surface area contributed by atoms with E-state index in [0.717, 1.165) is 16.8 Å². The zero-order valence-corrected chi connectivity index (χ0v) is 15.3. The number of carbonyl (C=O) groups excluding carboxylic acids is 1. The Kier molecular flexibility index (Phi) is 4.90. The van der Waals surface area contributed by atoms with Gasteiger partial charge in [-0.05, 0) is 35.4 Å². The highest BCUT2D eigenvalue weighted by molar-refractivity contribution is 6.30. The van der Waals surface area contributed by atoms with Gasteiger partial charge in [0, 0.05) is 10.7 Å². The molecule has 2 amide bonds. The summed E-state index contributed by atoms with van der Waals surface area (Å²) in [5, 5.41) is 3.57. The van der Waals surface area contributed by atoms with Gasteiger partial charge in [0.15, 0.2) is 0 Å². The number of amidine groups is 1. The summed E-state index contributed by atoms with van der Waals surface area (Å²) < 4.78 is 0. The molecule has 3 aromatic rings. The van der Waals surface area contributed by atoms with Crippen LogP contribution in [0.2, 0.25) is 5.02 Å². The molecule has 5 heteroatoms. The summed E-state index contributed by atoms with van der Waals surface area (Å²) >= 11 is 6.01. The van der Waals surface area contributed by atoms with Crippen molar-refractivity contribution in [2.24, 2.45) is 4.99 Å². The number of aliphatic imine (C=N–C) groups is 1. The summed E-state index contributed by atoms with van der Waals surface area (Å²) in [6.45, 7) is 0.508. The molecule has 1 unspecified atom stereocenters. The number of halogens is 1. The van der Waals surface area contributed by atoms with Crippen LogP contribution >= 0.6 is 11.6 Å². The van der Waals surface area contributed by atoms with Crippen molar-refractivity contribution in [1.29, 1.82) is 0 Å². The lowest BCUT2D eigenvalue weighted by atomic mass is 10.0. The number of amides is 2. The maximum Gasteiger partial charge on any atom is 0.328 e. The van der Waals surface area contributed by atoms with E-state index in [9.17, 15) is 4.79 Å². The highest BCUT2D eigenvalue weighted by atomic mass is 35.5. The fourth-order valence-corrected chi connectivity index (χ4v) is 3.30. The van der Waals surface area contributed by atoms with E-state index in [4.69, 9.17) is 16.6 Å². The predicted molar refractivity (Wildman–Crippen MR) is 109 cm³/mol. The SMILES string of the molecule is O=C1NC(=NCc2ccccc2)C(c2ccccc2)N1c1ccc(Cl)cc1. The largest absolute Gasteiger partial charge is 0.328 e. The van der Waals surface area contributed by atoms with Gasteiger partial charge in [-0.15, -0.1) is 0 Å². The van der Waals surface area contributed by atoms with Gasteiger partial charge in [0.05, 0.1) is 6.54 Å². The van der Waals surface area contributed by atoms with Crippen LogP contribution in [0.15, 0.2) is 89.9 Å². The minimum atomic E-state index is -0.302. The maximum atomic E-state index is 12.8. The monoisotopic (exact) mass is 375 g/mol. The van der Waals surface area contributed by atoms with Crippen molar-refractivity contribution >= 4 is 29.2 Å². The van der Waals surface area contributed by atoms with Crippen LogP contribution in [-0.4, -0.2) is 11.9 Å². The quantitative estimate of drug-likeness (QED) is 0.668. The number of benzene rings is 3. The molecule has 1 aliphatic heterocycles. The van der Waals surface area contributed by atoms with Crippen LogP contribution in [0.1, 0.15) is 17.2 Å². The van der Waals surface area contributed by atoms with Crippen molar-refractivity contribution in [2.45, 2.75) is 12.6 Å². The van der Waals surface area contributed by atoms with Crippen LogP contribution < -0.4 is 10.2 Å². The van der Waals surface area contributed by atoms with Crippen LogP contribution in [0.5, 0.6) is 0 Å². The molecule has 27 heavy (non-hydrogen) atoms. The van der Waals surface area contributed by atoms with Gasteiger partial charge in [-0.25, -0.2) is 4.79 Å². The molecular formula is C22H18ClN3O. The first-order valence-electron chi connectivity index (χ1n) is 8.71. The number of nitrogens with one attached hydrogen (secondary N) is 1. The van der Waals surface area contributed by atoms with E-state index in [2.05, 4.69) is 5.32 Å². The normalized spacial score (nSPS) is 18.0.